The standard InChI is InChI=1S/C10H13N7/c1-6(15-17-16-12)7-2-3-8-9(4-7)14-10(5-11)13-8/h2-4H,1,5,11H2,(H2,12,17)(H,13,14)(H,15,16). The molecule has 0 bridgehead atoms. The van der Waals surface area contributed by atoms with Crippen LogP contribution in [0.5, 0.6) is 0 Å². The van der Waals surface area contributed by atoms with Gasteiger partial charge in [-0.1, -0.05) is 23.1 Å². The number of hydrogen-bond acceptors (Lipinski definition) is 4. The van der Waals surface area contributed by atoms with Gasteiger partial charge in [-0.25, -0.2) is 4.98 Å². The summed E-state index contributed by atoms with van der Waals surface area (Å²) >= 11 is 0. The highest BCUT2D eigenvalue weighted by Gasteiger charge is 2.04. The van der Waals surface area contributed by atoms with Gasteiger partial charge in [0.25, 0.3) is 0 Å². The van der Waals surface area contributed by atoms with Crippen molar-refractivity contribution in [3.8, 4) is 0 Å². The Bertz CT molecular complexity index is 569. The van der Waals surface area contributed by atoms with E-state index in [0.29, 0.717) is 12.2 Å². The Kier molecular flexibility index (Phi) is 3.01. The second-order valence-electron chi connectivity index (χ2n) is 3.43. The lowest BCUT2D eigenvalue weighted by Gasteiger charge is -2.02. The molecular formula is C10H13N7. The van der Waals surface area contributed by atoms with Crippen LogP contribution in [0.4, 0.5) is 0 Å². The molecule has 2 rings (SSSR count). The molecule has 2 aromatic rings. The summed E-state index contributed by atoms with van der Waals surface area (Å²) < 4.78 is 0. The van der Waals surface area contributed by atoms with Crippen LogP contribution in [0.1, 0.15) is 11.4 Å². The van der Waals surface area contributed by atoms with Crippen molar-refractivity contribution in [3.05, 3.63) is 36.2 Å². The highest BCUT2D eigenvalue weighted by atomic mass is 15.5. The molecule has 0 radical (unpaired) electrons. The number of nitrogens with one attached hydrogen (secondary N) is 2. The van der Waals surface area contributed by atoms with E-state index in [4.69, 9.17) is 11.6 Å². The van der Waals surface area contributed by atoms with Gasteiger partial charge >= 0.3 is 0 Å². The molecule has 0 saturated heterocycles. The maximum Gasteiger partial charge on any atom is 0.121 e. The summed E-state index contributed by atoms with van der Waals surface area (Å²) in [6.07, 6.45) is 0. The lowest BCUT2D eigenvalue weighted by atomic mass is 10.1. The molecule has 0 amide bonds. The van der Waals surface area contributed by atoms with Gasteiger partial charge in [0.1, 0.15) is 5.82 Å². The first-order valence-electron chi connectivity index (χ1n) is 4.98. The normalized spacial score (nSPS) is 11.1. The summed E-state index contributed by atoms with van der Waals surface area (Å²) in [7, 11) is 0. The summed E-state index contributed by atoms with van der Waals surface area (Å²) in [6.45, 7) is 4.20. The molecule has 7 heteroatoms. The zero-order chi connectivity index (χ0) is 12.3. The number of nitrogens with two attached hydrogens (primary N) is 2. The Labute approximate surface area is 97.6 Å². The zero-order valence-electron chi connectivity index (χ0n) is 9.14. The molecule has 17 heavy (non-hydrogen) atoms. The van der Waals surface area contributed by atoms with Crippen LogP contribution in [0.15, 0.2) is 35.2 Å². The van der Waals surface area contributed by atoms with Crippen molar-refractivity contribution in [1.29, 1.82) is 0 Å². The third-order valence-electron chi connectivity index (χ3n) is 2.32. The largest absolute Gasteiger partial charge is 0.341 e. The summed E-state index contributed by atoms with van der Waals surface area (Å²) in [6, 6.07) is 5.67. The number of hydrogen-bond donors (Lipinski definition) is 4. The van der Waals surface area contributed by atoms with Crippen LogP contribution in [0.2, 0.25) is 0 Å². The molecule has 0 atom stereocenters. The van der Waals surface area contributed by atoms with Crippen molar-refractivity contribution in [2.24, 2.45) is 22.0 Å². The van der Waals surface area contributed by atoms with Crippen LogP contribution in [-0.2, 0) is 6.54 Å². The first kappa shape index (κ1) is 11.1. The van der Waals surface area contributed by atoms with E-state index in [-0.39, 0.29) is 0 Å². The average molecular weight is 231 g/mol. The minimum absolute atomic E-state index is 0.380. The van der Waals surface area contributed by atoms with Crippen molar-refractivity contribution in [2.75, 3.05) is 0 Å². The summed E-state index contributed by atoms with van der Waals surface area (Å²) in [5.41, 5.74) is 11.4. The van der Waals surface area contributed by atoms with Crippen molar-refractivity contribution >= 4 is 16.7 Å². The maximum absolute atomic E-state index is 5.51. The Balaban J connectivity index is 2.33. The van der Waals surface area contributed by atoms with Crippen LogP contribution in [-0.4, -0.2) is 9.97 Å². The first-order valence-corrected chi connectivity index (χ1v) is 4.98. The third-order valence-corrected chi connectivity index (χ3v) is 2.32. The number of benzene rings is 1. The molecule has 1 aromatic heterocycles. The predicted octanol–water partition coefficient (Wildman–Crippen LogP) is 0.823. The lowest BCUT2D eigenvalue weighted by Crippen LogP contribution is -2.02. The van der Waals surface area contributed by atoms with Gasteiger partial charge in [0, 0.05) is 5.56 Å². The molecule has 0 saturated carbocycles. The number of aromatic amines is 1. The van der Waals surface area contributed by atoms with Crippen molar-refractivity contribution in [2.45, 2.75) is 6.54 Å². The molecule has 1 aromatic carbocycles. The highest BCUT2D eigenvalue weighted by molar-refractivity contribution is 5.80. The number of rotatable bonds is 4. The van der Waals surface area contributed by atoms with Gasteiger partial charge in [0.15, 0.2) is 0 Å². The molecule has 0 aliphatic rings. The number of aromatic nitrogens is 2. The Morgan fingerprint density at radius 1 is 1.53 bits per heavy atom. The van der Waals surface area contributed by atoms with Gasteiger partial charge in [-0.05, 0) is 12.1 Å². The van der Waals surface area contributed by atoms with Crippen molar-refractivity contribution in [1.82, 2.24) is 15.4 Å². The van der Waals surface area contributed by atoms with Gasteiger partial charge < -0.3 is 16.6 Å². The first-order chi connectivity index (χ1) is 8.24. The van der Waals surface area contributed by atoms with E-state index in [1.165, 1.54) is 0 Å². The van der Waals surface area contributed by atoms with E-state index in [2.05, 4.69) is 32.4 Å². The molecule has 0 aliphatic heterocycles. The summed E-state index contributed by atoms with van der Waals surface area (Å²) in [5, 5.41) is 6.55. The highest BCUT2D eigenvalue weighted by Crippen LogP contribution is 2.17. The van der Waals surface area contributed by atoms with Crippen LogP contribution in [0, 0.1) is 0 Å². The monoisotopic (exact) mass is 231 g/mol. The summed E-state index contributed by atoms with van der Waals surface area (Å²) in [4.78, 5) is 7.41. The Morgan fingerprint density at radius 2 is 2.35 bits per heavy atom. The molecule has 0 fully saturated rings. The lowest BCUT2D eigenvalue weighted by molar-refractivity contribution is 0.840. The van der Waals surface area contributed by atoms with E-state index in [9.17, 15) is 0 Å². The quantitative estimate of drug-likeness (QED) is 0.354. The molecule has 6 N–H and O–H groups in total. The molecule has 0 aliphatic carbocycles. The Hall–Kier alpha value is -2.41. The van der Waals surface area contributed by atoms with E-state index < -0.39 is 0 Å². The van der Waals surface area contributed by atoms with Gasteiger partial charge in [-0.3, -0.25) is 5.43 Å². The number of fused-ring (bicyclic) bond motifs is 1. The second-order valence-corrected chi connectivity index (χ2v) is 3.43. The van der Waals surface area contributed by atoms with Crippen molar-refractivity contribution < 1.29 is 0 Å². The van der Waals surface area contributed by atoms with Crippen LogP contribution in [0.3, 0.4) is 0 Å². The number of imidazole rings is 1. The van der Waals surface area contributed by atoms with Crippen molar-refractivity contribution in [3.63, 3.8) is 0 Å². The average Bonchev–Trinajstić information content (AvgIpc) is 2.77. The van der Waals surface area contributed by atoms with E-state index in [1.807, 2.05) is 18.2 Å². The molecule has 7 nitrogen and oxygen atoms in total. The second kappa shape index (κ2) is 4.62. The fourth-order valence-corrected chi connectivity index (χ4v) is 1.50. The van der Waals surface area contributed by atoms with E-state index >= 15 is 0 Å². The van der Waals surface area contributed by atoms with Gasteiger partial charge in [-0.2, -0.15) is 0 Å². The van der Waals surface area contributed by atoms with Gasteiger partial charge in [0.05, 0.1) is 23.3 Å². The Morgan fingerprint density at radius 3 is 3.06 bits per heavy atom. The number of nitrogens with zero attached hydrogens (tertiary/aromatic N) is 3. The van der Waals surface area contributed by atoms with Crippen LogP contribution < -0.4 is 17.0 Å². The smallest absolute Gasteiger partial charge is 0.121 e. The van der Waals surface area contributed by atoms with E-state index in [1.54, 1.807) is 0 Å². The predicted molar refractivity (Wildman–Crippen MR) is 65.2 cm³/mol. The van der Waals surface area contributed by atoms with Gasteiger partial charge in [-0.15, -0.1) is 0 Å². The molecule has 0 unspecified atom stereocenters. The zero-order valence-corrected chi connectivity index (χ0v) is 9.14. The minimum Gasteiger partial charge on any atom is -0.341 e. The fraction of sp³-hybridized carbons (Fsp3) is 0.100. The molecule has 88 valence electrons. The van der Waals surface area contributed by atoms with E-state index in [0.717, 1.165) is 22.4 Å². The topological polar surface area (TPSA) is 117 Å². The number of H-pyrrole nitrogens is 1. The minimum atomic E-state index is 0.380. The molecule has 1 heterocycles. The third kappa shape index (κ3) is 2.23. The van der Waals surface area contributed by atoms with Crippen LogP contribution >= 0.6 is 0 Å². The summed E-state index contributed by atoms with van der Waals surface area (Å²) in [5.74, 6) is 5.64. The van der Waals surface area contributed by atoms with Crippen LogP contribution in [0.25, 0.3) is 16.7 Å². The maximum atomic E-state index is 5.51. The van der Waals surface area contributed by atoms with Gasteiger partial charge in [0.2, 0.25) is 0 Å². The SMILES string of the molecule is C=C(NN=NN)c1ccc2nc(CN)[nH]c2c1. The molecule has 0 spiro atoms. The fourth-order valence-electron chi connectivity index (χ4n) is 1.50. The molecular weight excluding hydrogens is 218 g/mol.